The van der Waals surface area contributed by atoms with Gasteiger partial charge in [-0.15, -0.1) is 12.4 Å². The van der Waals surface area contributed by atoms with Crippen LogP contribution in [0.2, 0.25) is 5.02 Å². The number of anilines is 1. The second kappa shape index (κ2) is 8.09. The van der Waals surface area contributed by atoms with E-state index in [0.29, 0.717) is 35.1 Å². The molecular formula is C12H19Cl2N3O2. The maximum Gasteiger partial charge on any atom is 0.269 e. The Morgan fingerprint density at radius 3 is 2.47 bits per heavy atom. The highest BCUT2D eigenvalue weighted by Gasteiger charge is 2.16. The van der Waals surface area contributed by atoms with Crippen LogP contribution < -0.4 is 15.9 Å². The summed E-state index contributed by atoms with van der Waals surface area (Å²) in [5, 5.41) is 2.12. The highest BCUT2D eigenvalue weighted by Crippen LogP contribution is 2.28. The topological polar surface area (TPSA) is 67.6 Å². The molecule has 0 aromatic heterocycles. The predicted octanol–water partition coefficient (Wildman–Crippen LogP) is 2.34. The van der Waals surface area contributed by atoms with Crippen LogP contribution in [-0.4, -0.2) is 31.1 Å². The average Bonchev–Trinajstić information content (AvgIpc) is 2.38. The third-order valence-electron chi connectivity index (χ3n) is 2.59. The molecule has 1 aromatic rings. The first-order chi connectivity index (χ1) is 8.53. The van der Waals surface area contributed by atoms with Gasteiger partial charge in [0.25, 0.3) is 5.91 Å². The van der Waals surface area contributed by atoms with Crippen molar-refractivity contribution in [3.05, 3.63) is 22.7 Å². The smallest absolute Gasteiger partial charge is 0.269 e. The molecule has 3 N–H and O–H groups in total. The first kappa shape index (κ1) is 17.8. The number of methoxy groups -OCH3 is 1. The lowest BCUT2D eigenvalue weighted by Crippen LogP contribution is -2.41. The van der Waals surface area contributed by atoms with E-state index < -0.39 is 0 Å². The fourth-order valence-electron chi connectivity index (χ4n) is 1.50. The maximum absolute atomic E-state index is 12.1. The van der Waals surface area contributed by atoms with Gasteiger partial charge in [-0.3, -0.25) is 10.2 Å². The number of benzene rings is 1. The summed E-state index contributed by atoms with van der Waals surface area (Å²) in [6.45, 7) is 5.34. The molecule has 1 rings (SSSR count). The molecule has 0 aliphatic heterocycles. The highest BCUT2D eigenvalue weighted by molar-refractivity contribution is 6.33. The van der Waals surface area contributed by atoms with Crippen LogP contribution in [0.3, 0.4) is 0 Å². The molecule has 0 saturated carbocycles. The number of nitrogens with zero attached hydrogens (tertiary/aromatic N) is 1. The van der Waals surface area contributed by atoms with Gasteiger partial charge in [0.15, 0.2) is 0 Å². The molecule has 0 atom stereocenters. The molecule has 0 saturated heterocycles. The van der Waals surface area contributed by atoms with Crippen molar-refractivity contribution >= 4 is 35.6 Å². The Bertz CT molecular complexity index is 437. The lowest BCUT2D eigenvalue weighted by Gasteiger charge is -2.20. The third-order valence-corrected chi connectivity index (χ3v) is 2.91. The van der Waals surface area contributed by atoms with Gasteiger partial charge in [0, 0.05) is 19.2 Å². The number of hydrogen-bond donors (Lipinski definition) is 2. The Morgan fingerprint density at radius 2 is 2.00 bits per heavy atom. The minimum absolute atomic E-state index is 0. The van der Waals surface area contributed by atoms with Crippen molar-refractivity contribution < 1.29 is 9.53 Å². The highest BCUT2D eigenvalue weighted by atomic mass is 35.5. The number of nitrogen functional groups attached to an aromatic ring is 1. The van der Waals surface area contributed by atoms with Gasteiger partial charge in [0.1, 0.15) is 5.75 Å². The summed E-state index contributed by atoms with van der Waals surface area (Å²) in [7, 11) is 1.48. The van der Waals surface area contributed by atoms with E-state index in [-0.39, 0.29) is 18.3 Å². The molecule has 0 fully saturated rings. The van der Waals surface area contributed by atoms with Crippen molar-refractivity contribution in [2.75, 3.05) is 25.9 Å². The van der Waals surface area contributed by atoms with Crippen LogP contribution in [0.25, 0.3) is 0 Å². The minimum atomic E-state index is -0.266. The van der Waals surface area contributed by atoms with Gasteiger partial charge < -0.3 is 10.5 Å². The van der Waals surface area contributed by atoms with E-state index in [1.165, 1.54) is 13.2 Å². The molecule has 0 aliphatic carbocycles. The molecule has 0 heterocycles. The van der Waals surface area contributed by atoms with Gasteiger partial charge in [0.05, 0.1) is 23.4 Å². The molecule has 108 valence electrons. The number of carbonyl (C=O) groups is 1. The van der Waals surface area contributed by atoms with Gasteiger partial charge in [-0.05, 0) is 6.07 Å². The molecule has 7 heteroatoms. The molecule has 1 aromatic carbocycles. The fourth-order valence-corrected chi connectivity index (χ4v) is 1.66. The SMILES string of the molecule is CCN(CC)NC(=O)c1cc(Cl)c(N)cc1OC.Cl. The Kier molecular flexibility index (Phi) is 7.59. The molecule has 1 amide bonds. The van der Waals surface area contributed by atoms with E-state index in [9.17, 15) is 4.79 Å². The Morgan fingerprint density at radius 1 is 1.42 bits per heavy atom. The van der Waals surface area contributed by atoms with Crippen LogP contribution in [0.5, 0.6) is 5.75 Å². The molecule has 19 heavy (non-hydrogen) atoms. The molecule has 0 unspecified atom stereocenters. The lowest BCUT2D eigenvalue weighted by molar-refractivity contribution is 0.0802. The number of nitrogens with two attached hydrogens (primary N) is 1. The second-order valence-corrected chi connectivity index (χ2v) is 4.09. The Hall–Kier alpha value is -1.17. The van der Waals surface area contributed by atoms with Crippen LogP contribution in [0, 0.1) is 0 Å². The molecule has 0 spiro atoms. The van der Waals surface area contributed by atoms with Crippen molar-refractivity contribution in [3.8, 4) is 5.75 Å². The summed E-state index contributed by atoms with van der Waals surface area (Å²) in [5.41, 5.74) is 9.18. The average molecular weight is 308 g/mol. The van der Waals surface area contributed by atoms with Crippen LogP contribution in [-0.2, 0) is 0 Å². The first-order valence-corrected chi connectivity index (χ1v) is 6.10. The number of hydrogen-bond acceptors (Lipinski definition) is 4. The summed E-state index contributed by atoms with van der Waals surface area (Å²) in [4.78, 5) is 12.1. The normalized spacial score (nSPS) is 9.95. The molecule has 0 bridgehead atoms. The van der Waals surface area contributed by atoms with E-state index in [4.69, 9.17) is 22.1 Å². The monoisotopic (exact) mass is 307 g/mol. The Balaban J connectivity index is 0.00000324. The van der Waals surface area contributed by atoms with Crippen LogP contribution in [0.4, 0.5) is 5.69 Å². The minimum Gasteiger partial charge on any atom is -0.496 e. The van der Waals surface area contributed by atoms with Gasteiger partial charge in [-0.1, -0.05) is 25.4 Å². The summed E-state index contributed by atoms with van der Waals surface area (Å²) in [5.74, 6) is 0.138. The number of rotatable bonds is 5. The van der Waals surface area contributed by atoms with E-state index in [0.717, 1.165) is 0 Å². The largest absolute Gasteiger partial charge is 0.496 e. The molecule has 5 nitrogen and oxygen atoms in total. The van der Waals surface area contributed by atoms with Crippen molar-refractivity contribution in [1.82, 2.24) is 10.4 Å². The summed E-state index contributed by atoms with van der Waals surface area (Å²) in [6.07, 6.45) is 0. The second-order valence-electron chi connectivity index (χ2n) is 3.69. The van der Waals surface area contributed by atoms with E-state index in [1.54, 1.807) is 11.1 Å². The van der Waals surface area contributed by atoms with E-state index in [1.807, 2.05) is 13.8 Å². The summed E-state index contributed by atoms with van der Waals surface area (Å²) >= 11 is 5.92. The number of nitrogens with one attached hydrogen (secondary N) is 1. The number of hydrazine groups is 1. The van der Waals surface area contributed by atoms with Crippen molar-refractivity contribution in [3.63, 3.8) is 0 Å². The third kappa shape index (κ3) is 4.45. The zero-order valence-electron chi connectivity index (χ0n) is 11.2. The summed E-state index contributed by atoms with van der Waals surface area (Å²) in [6, 6.07) is 3.05. The van der Waals surface area contributed by atoms with Crippen molar-refractivity contribution in [2.24, 2.45) is 0 Å². The van der Waals surface area contributed by atoms with Crippen LogP contribution in [0.1, 0.15) is 24.2 Å². The number of carbonyl (C=O) groups excluding carboxylic acids is 1. The van der Waals surface area contributed by atoms with Crippen LogP contribution >= 0.6 is 24.0 Å². The van der Waals surface area contributed by atoms with Crippen molar-refractivity contribution in [1.29, 1.82) is 0 Å². The van der Waals surface area contributed by atoms with Crippen LogP contribution in [0.15, 0.2) is 12.1 Å². The van der Waals surface area contributed by atoms with Gasteiger partial charge >= 0.3 is 0 Å². The number of ether oxygens (including phenoxy) is 1. The van der Waals surface area contributed by atoms with Crippen molar-refractivity contribution in [2.45, 2.75) is 13.8 Å². The van der Waals surface area contributed by atoms with Gasteiger partial charge in [0.2, 0.25) is 0 Å². The quantitative estimate of drug-likeness (QED) is 0.647. The number of amides is 1. The fraction of sp³-hybridized carbons (Fsp3) is 0.417. The lowest BCUT2D eigenvalue weighted by atomic mass is 10.1. The van der Waals surface area contributed by atoms with Gasteiger partial charge in [-0.25, -0.2) is 5.01 Å². The van der Waals surface area contributed by atoms with E-state index in [2.05, 4.69) is 5.43 Å². The summed E-state index contributed by atoms with van der Waals surface area (Å²) < 4.78 is 5.13. The number of halogens is 2. The zero-order chi connectivity index (χ0) is 13.7. The first-order valence-electron chi connectivity index (χ1n) is 5.72. The molecule has 0 radical (unpaired) electrons. The zero-order valence-corrected chi connectivity index (χ0v) is 12.8. The standard InChI is InChI=1S/C12H18ClN3O2.ClH/c1-4-16(5-2)15-12(17)8-6-9(13)10(14)7-11(8)18-3;/h6-7H,4-5,14H2,1-3H3,(H,15,17);1H. The molecular weight excluding hydrogens is 289 g/mol. The molecule has 0 aliphatic rings. The maximum atomic E-state index is 12.1. The van der Waals surface area contributed by atoms with Gasteiger partial charge in [-0.2, -0.15) is 0 Å². The van der Waals surface area contributed by atoms with E-state index >= 15 is 0 Å². The Labute approximate surface area is 124 Å². The predicted molar refractivity (Wildman–Crippen MR) is 80.1 cm³/mol.